The third-order valence-corrected chi connectivity index (χ3v) is 9.02. The molecule has 0 radical (unpaired) electrons. The molecule has 5 rings (SSSR count). The number of aryl methyl sites for hydroxylation is 1. The lowest BCUT2D eigenvalue weighted by Gasteiger charge is -2.42. The highest BCUT2D eigenvalue weighted by Gasteiger charge is 2.41. The predicted octanol–water partition coefficient (Wildman–Crippen LogP) is 7.38. The molecular weight excluding hydrogens is 526 g/mol. The lowest BCUT2D eigenvalue weighted by atomic mass is 9.80. The molecule has 0 aromatic heterocycles. The number of hydrogen-bond donors (Lipinski definition) is 0. The zero-order chi connectivity index (χ0) is 29.7. The minimum absolute atomic E-state index is 0.130. The molecule has 3 atom stereocenters. The van der Waals surface area contributed by atoms with Crippen LogP contribution in [-0.4, -0.2) is 61.5 Å². The number of nitrogens with zero attached hydrogens (tertiary/aromatic N) is 3. The molecule has 0 amide bonds. The van der Waals surface area contributed by atoms with Crippen LogP contribution in [0.25, 0.3) is 0 Å². The van der Waals surface area contributed by atoms with Crippen LogP contribution < -0.4 is 4.90 Å². The first-order valence-corrected chi connectivity index (χ1v) is 14.7. The van der Waals surface area contributed by atoms with Crippen LogP contribution in [0.15, 0.2) is 43.0 Å². The van der Waals surface area contributed by atoms with Crippen molar-refractivity contribution >= 4 is 5.69 Å². The van der Waals surface area contributed by atoms with Gasteiger partial charge in [0.2, 0.25) is 0 Å². The van der Waals surface area contributed by atoms with E-state index in [2.05, 4.69) is 28.7 Å². The van der Waals surface area contributed by atoms with Crippen LogP contribution in [0.4, 0.5) is 23.2 Å². The van der Waals surface area contributed by atoms with Crippen molar-refractivity contribution in [3.63, 3.8) is 0 Å². The highest BCUT2D eigenvalue weighted by atomic mass is 19.3. The molecule has 2 saturated heterocycles. The van der Waals surface area contributed by atoms with Gasteiger partial charge in [0, 0.05) is 36.9 Å². The van der Waals surface area contributed by atoms with Crippen molar-refractivity contribution in [3.8, 4) is 12.3 Å². The van der Waals surface area contributed by atoms with E-state index >= 15 is 8.78 Å². The maximum Gasteiger partial charge on any atom is 0.251 e. The number of likely N-dealkylation sites (tertiary alicyclic amines) is 1. The Labute approximate surface area is 243 Å². The topological polar surface area (TPSA) is 9.72 Å². The number of hydrogen-bond acceptors (Lipinski definition) is 3. The van der Waals surface area contributed by atoms with E-state index in [1.165, 1.54) is 12.1 Å². The summed E-state index contributed by atoms with van der Waals surface area (Å²) in [5.41, 5.74) is 3.29. The van der Waals surface area contributed by atoms with Gasteiger partial charge in [-0.05, 0) is 94.6 Å². The molecule has 1 spiro atoms. The fourth-order valence-electron chi connectivity index (χ4n) is 7.07. The van der Waals surface area contributed by atoms with Gasteiger partial charge in [-0.3, -0.25) is 9.80 Å². The summed E-state index contributed by atoms with van der Waals surface area (Å²) in [6.45, 7) is 13.3. The van der Waals surface area contributed by atoms with E-state index in [0.29, 0.717) is 17.7 Å². The van der Waals surface area contributed by atoms with E-state index in [9.17, 15) is 8.78 Å². The Morgan fingerprint density at radius 3 is 2.44 bits per heavy atom. The number of rotatable bonds is 6. The van der Waals surface area contributed by atoms with Crippen molar-refractivity contribution in [3.05, 3.63) is 76.9 Å². The minimum Gasteiger partial charge on any atom is -0.371 e. The van der Waals surface area contributed by atoms with Crippen LogP contribution in [0, 0.1) is 36.3 Å². The van der Waals surface area contributed by atoms with Gasteiger partial charge in [-0.15, -0.1) is 18.9 Å². The molecule has 3 heterocycles. The van der Waals surface area contributed by atoms with Gasteiger partial charge in [0.1, 0.15) is 11.6 Å². The molecule has 222 valence electrons. The second-order valence-electron chi connectivity index (χ2n) is 12.0. The monoisotopic (exact) mass is 569 g/mol. The van der Waals surface area contributed by atoms with E-state index in [1.807, 2.05) is 38.1 Å². The summed E-state index contributed by atoms with van der Waals surface area (Å²) in [6.07, 6.45) is 8.82. The number of halogens is 4. The summed E-state index contributed by atoms with van der Waals surface area (Å²) in [7, 11) is 0. The summed E-state index contributed by atoms with van der Waals surface area (Å²) >= 11 is 0. The standard InChI is InChI=1S/C31H39F4N3.C3H4/c1-4-11-36-12-5-8-31(9-13-36)10-14-37(20-31)24-17-26(32)29(27(33)18-24)30-25-7-6-21(2)15-23(25)16-22(3)38(30)19-28(34)35;1-3-2/h4,6-7,15,17-18,22,28,30H,1,5,8-14,16,19-20H2,2-3H3;1H,2H3/t22-,30?,31?;/m1./s1. The van der Waals surface area contributed by atoms with Crippen molar-refractivity contribution in [1.29, 1.82) is 0 Å². The van der Waals surface area contributed by atoms with Gasteiger partial charge in [0.15, 0.2) is 0 Å². The predicted molar refractivity (Wildman–Crippen MR) is 160 cm³/mol. The second-order valence-corrected chi connectivity index (χ2v) is 12.0. The van der Waals surface area contributed by atoms with Crippen LogP contribution >= 0.6 is 0 Å². The van der Waals surface area contributed by atoms with E-state index in [1.54, 1.807) is 11.8 Å². The van der Waals surface area contributed by atoms with Gasteiger partial charge >= 0.3 is 0 Å². The smallest absolute Gasteiger partial charge is 0.251 e. The molecule has 2 aromatic rings. The van der Waals surface area contributed by atoms with Crippen LogP contribution in [0.1, 0.15) is 67.8 Å². The molecule has 7 heteroatoms. The van der Waals surface area contributed by atoms with Gasteiger partial charge < -0.3 is 4.90 Å². The minimum atomic E-state index is -2.60. The fourth-order valence-corrected chi connectivity index (χ4v) is 7.07. The Hall–Kier alpha value is -2.82. The normalized spacial score (nSPS) is 24.9. The van der Waals surface area contributed by atoms with Gasteiger partial charge in [-0.2, -0.15) is 0 Å². The average molecular weight is 570 g/mol. The Balaban J connectivity index is 0.00000124. The van der Waals surface area contributed by atoms with Crippen molar-refractivity contribution in [2.24, 2.45) is 5.41 Å². The van der Waals surface area contributed by atoms with Gasteiger partial charge in [-0.1, -0.05) is 29.8 Å². The fraction of sp³-hybridized carbons (Fsp3) is 0.529. The van der Waals surface area contributed by atoms with Gasteiger partial charge in [-0.25, -0.2) is 17.6 Å². The van der Waals surface area contributed by atoms with E-state index < -0.39 is 30.6 Å². The first-order valence-electron chi connectivity index (χ1n) is 14.7. The molecule has 3 aliphatic rings. The van der Waals surface area contributed by atoms with Crippen LogP contribution in [0.2, 0.25) is 0 Å². The molecule has 3 aliphatic heterocycles. The first kappa shape index (κ1) is 31.1. The van der Waals surface area contributed by atoms with Crippen LogP contribution in [0.5, 0.6) is 0 Å². The Morgan fingerprint density at radius 2 is 1.78 bits per heavy atom. The summed E-state index contributed by atoms with van der Waals surface area (Å²) in [4.78, 5) is 6.10. The summed E-state index contributed by atoms with van der Waals surface area (Å²) in [5, 5.41) is 0. The Morgan fingerprint density at radius 1 is 1.10 bits per heavy atom. The molecule has 0 saturated carbocycles. The Bertz CT molecular complexity index is 1230. The zero-order valence-corrected chi connectivity index (χ0v) is 24.6. The van der Waals surface area contributed by atoms with Gasteiger partial charge in [0.25, 0.3) is 6.43 Å². The maximum absolute atomic E-state index is 15.9. The van der Waals surface area contributed by atoms with E-state index in [4.69, 9.17) is 0 Å². The summed E-state index contributed by atoms with van der Waals surface area (Å²) in [5.74, 6) is 0.924. The maximum atomic E-state index is 15.9. The number of fused-ring (bicyclic) bond motifs is 1. The number of anilines is 1. The molecule has 2 aromatic carbocycles. The van der Waals surface area contributed by atoms with Crippen molar-refractivity contribution in [1.82, 2.24) is 9.80 Å². The van der Waals surface area contributed by atoms with Crippen molar-refractivity contribution in [2.75, 3.05) is 44.2 Å². The summed E-state index contributed by atoms with van der Waals surface area (Å²) < 4.78 is 59.0. The molecule has 0 aliphatic carbocycles. The van der Waals surface area contributed by atoms with Crippen LogP contribution in [0.3, 0.4) is 0 Å². The Kier molecular flexibility index (Phi) is 10.2. The molecular formula is C34H43F4N3. The molecule has 41 heavy (non-hydrogen) atoms. The number of benzene rings is 2. The first-order chi connectivity index (χ1) is 19.6. The third-order valence-electron chi connectivity index (χ3n) is 9.02. The van der Waals surface area contributed by atoms with Crippen molar-refractivity contribution in [2.45, 2.75) is 71.4 Å². The van der Waals surface area contributed by atoms with E-state index in [-0.39, 0.29) is 17.0 Å². The second kappa shape index (κ2) is 13.4. The lowest BCUT2D eigenvalue weighted by molar-refractivity contribution is 0.0445. The zero-order valence-electron chi connectivity index (χ0n) is 24.6. The molecule has 0 bridgehead atoms. The van der Waals surface area contributed by atoms with Crippen LogP contribution in [-0.2, 0) is 6.42 Å². The molecule has 2 unspecified atom stereocenters. The summed E-state index contributed by atoms with van der Waals surface area (Å²) in [6, 6.07) is 7.43. The van der Waals surface area contributed by atoms with Gasteiger partial charge in [0.05, 0.1) is 12.6 Å². The van der Waals surface area contributed by atoms with Crippen molar-refractivity contribution < 1.29 is 17.6 Å². The quantitative estimate of drug-likeness (QED) is 0.204. The highest BCUT2D eigenvalue weighted by Crippen LogP contribution is 2.44. The van der Waals surface area contributed by atoms with E-state index in [0.717, 1.165) is 69.5 Å². The average Bonchev–Trinajstić information content (AvgIpc) is 3.22. The molecule has 2 fully saturated rings. The molecule has 3 nitrogen and oxygen atoms in total. The highest BCUT2D eigenvalue weighted by molar-refractivity contribution is 5.53. The largest absolute Gasteiger partial charge is 0.371 e. The number of alkyl halides is 2. The number of terminal acetylenes is 1. The third kappa shape index (κ3) is 6.98. The lowest BCUT2D eigenvalue weighted by Crippen LogP contribution is -2.45. The SMILES string of the molecule is C#CC.C=CCN1CCCC2(CC1)CCN(c1cc(F)c(C3c4ccc(C)cc4C[C@@H](C)N3CC(F)F)c(F)c1)C2. The molecule has 0 N–H and O–H groups in total.